The molecule has 1 aromatic carbocycles. The van der Waals surface area contributed by atoms with Crippen LogP contribution < -0.4 is 10.2 Å². The van der Waals surface area contributed by atoms with E-state index in [9.17, 15) is 18.4 Å². The first-order valence-electron chi connectivity index (χ1n) is 9.47. The fourth-order valence-electron chi connectivity index (χ4n) is 3.53. The first kappa shape index (κ1) is 23.7. The van der Waals surface area contributed by atoms with Crippen molar-refractivity contribution in [3.8, 4) is 0 Å². The molecule has 3 aromatic rings. The van der Waals surface area contributed by atoms with E-state index in [0.29, 0.717) is 11.4 Å². The van der Waals surface area contributed by atoms with Crippen molar-refractivity contribution in [1.82, 2.24) is 14.8 Å². The minimum Gasteiger partial charge on any atom is -0.322 e. The Labute approximate surface area is 194 Å². The molecule has 1 aliphatic rings. The maximum Gasteiger partial charge on any atom is 0.277 e. The third-order valence-electron chi connectivity index (χ3n) is 5.04. The molecule has 0 unspecified atom stereocenters. The Morgan fingerprint density at radius 2 is 2.03 bits per heavy atom. The molecule has 32 heavy (non-hydrogen) atoms. The first-order valence-corrected chi connectivity index (χ1v) is 9.85. The van der Waals surface area contributed by atoms with Gasteiger partial charge in [0.1, 0.15) is 5.69 Å². The molecular formula is C21H20ClF2N5O2S. The number of nitrogens with zero attached hydrogens (tertiary/aromatic N) is 4. The highest BCUT2D eigenvalue weighted by atomic mass is 35.5. The Morgan fingerprint density at radius 3 is 2.69 bits per heavy atom. The Hall–Kier alpha value is -2.98. The number of rotatable bonds is 4. The molecule has 3 heterocycles. The van der Waals surface area contributed by atoms with Crippen molar-refractivity contribution in [1.29, 1.82) is 0 Å². The van der Waals surface area contributed by atoms with Crippen LogP contribution in [0.3, 0.4) is 0 Å². The lowest BCUT2D eigenvalue weighted by Gasteiger charge is -2.32. The van der Waals surface area contributed by atoms with Crippen LogP contribution in [0, 0.1) is 6.92 Å². The predicted molar refractivity (Wildman–Crippen MR) is 122 cm³/mol. The molecule has 1 aliphatic heterocycles. The van der Waals surface area contributed by atoms with Crippen LogP contribution >= 0.6 is 25.1 Å². The maximum absolute atomic E-state index is 13.3. The normalized spacial score (nSPS) is 15.4. The number of pyridine rings is 1. The van der Waals surface area contributed by atoms with Gasteiger partial charge < -0.3 is 10.2 Å². The molecule has 168 valence electrons. The van der Waals surface area contributed by atoms with E-state index in [0.717, 1.165) is 5.69 Å². The van der Waals surface area contributed by atoms with E-state index < -0.39 is 18.2 Å². The zero-order chi connectivity index (χ0) is 22.3. The predicted octanol–water partition coefficient (Wildman–Crippen LogP) is 4.76. The van der Waals surface area contributed by atoms with Gasteiger partial charge in [-0.15, -0.1) is 0 Å². The van der Waals surface area contributed by atoms with E-state index in [-0.39, 0.29) is 47.9 Å². The van der Waals surface area contributed by atoms with Crippen molar-refractivity contribution in [2.24, 2.45) is 0 Å². The van der Waals surface area contributed by atoms with Crippen molar-refractivity contribution in [3.05, 3.63) is 70.3 Å². The number of carbonyl (C=O) groups excluding carboxylic acids is 2. The number of hydrogen-bond acceptors (Lipinski definition) is 4. The molecule has 2 amide bonds. The van der Waals surface area contributed by atoms with E-state index in [1.54, 1.807) is 25.3 Å². The number of nitrogens with one attached hydrogen (secondary N) is 1. The van der Waals surface area contributed by atoms with Gasteiger partial charge in [0, 0.05) is 35.4 Å². The lowest BCUT2D eigenvalue weighted by atomic mass is 10.1. The number of aryl methyl sites for hydroxylation is 1. The number of aromatic nitrogens is 3. The van der Waals surface area contributed by atoms with E-state index in [4.69, 9.17) is 11.6 Å². The van der Waals surface area contributed by atoms with Crippen molar-refractivity contribution >= 4 is 48.3 Å². The summed E-state index contributed by atoms with van der Waals surface area (Å²) in [4.78, 5) is 31.6. The number of anilines is 2. The van der Waals surface area contributed by atoms with Crippen LogP contribution in [0.4, 0.5) is 20.2 Å². The molecule has 7 nitrogen and oxygen atoms in total. The Bertz CT molecular complexity index is 1190. The number of fused-ring (bicyclic) bond motifs is 1. The first-order chi connectivity index (χ1) is 14.8. The number of amides is 2. The number of alkyl halides is 2. The van der Waals surface area contributed by atoms with Crippen LogP contribution in [0.1, 0.15) is 51.5 Å². The van der Waals surface area contributed by atoms with Crippen molar-refractivity contribution in [2.75, 3.05) is 16.8 Å². The highest BCUT2D eigenvalue weighted by Crippen LogP contribution is 2.33. The second-order valence-corrected chi connectivity index (χ2v) is 7.67. The maximum atomic E-state index is 13.3. The highest BCUT2D eigenvalue weighted by Gasteiger charge is 2.35. The van der Waals surface area contributed by atoms with E-state index in [1.807, 2.05) is 6.92 Å². The molecule has 2 aromatic heterocycles. The van der Waals surface area contributed by atoms with Crippen LogP contribution in [-0.2, 0) is 0 Å². The number of carbonyl (C=O) groups is 2. The van der Waals surface area contributed by atoms with Gasteiger partial charge in [0.2, 0.25) is 0 Å². The molecule has 1 atom stereocenters. The Balaban J connectivity index is 0.00000289. The van der Waals surface area contributed by atoms with Gasteiger partial charge in [-0.3, -0.25) is 19.3 Å². The smallest absolute Gasteiger partial charge is 0.277 e. The SMILES string of the molecule is Cc1cc(NC(=O)c2cnn3c2C(=O)N(c2ccc(C(F)F)c(Cl)c2)C[C@@H]3C)ccn1.S. The monoisotopic (exact) mass is 479 g/mol. The molecule has 11 heteroatoms. The van der Waals surface area contributed by atoms with Crippen molar-refractivity contribution < 1.29 is 18.4 Å². The summed E-state index contributed by atoms with van der Waals surface area (Å²) in [5.74, 6) is -0.951. The van der Waals surface area contributed by atoms with Crippen LogP contribution in [-0.4, -0.2) is 33.1 Å². The fraction of sp³-hybridized carbons (Fsp3) is 0.238. The fourth-order valence-corrected chi connectivity index (χ4v) is 3.79. The molecule has 0 bridgehead atoms. The molecule has 0 radical (unpaired) electrons. The Kier molecular flexibility index (Phi) is 6.85. The third kappa shape index (κ3) is 4.33. The minimum atomic E-state index is -2.72. The summed E-state index contributed by atoms with van der Waals surface area (Å²) in [5, 5.41) is 6.84. The average Bonchev–Trinajstić information content (AvgIpc) is 3.16. The minimum absolute atomic E-state index is 0. The summed E-state index contributed by atoms with van der Waals surface area (Å²) < 4.78 is 27.5. The van der Waals surface area contributed by atoms with Crippen LogP contribution in [0.2, 0.25) is 5.02 Å². The summed E-state index contributed by atoms with van der Waals surface area (Å²) in [6.45, 7) is 3.90. The Morgan fingerprint density at radius 1 is 1.28 bits per heavy atom. The van der Waals surface area contributed by atoms with Crippen molar-refractivity contribution in [3.63, 3.8) is 0 Å². The summed E-state index contributed by atoms with van der Waals surface area (Å²) in [6.07, 6.45) is 0.204. The number of benzene rings is 1. The highest BCUT2D eigenvalue weighted by molar-refractivity contribution is 7.59. The van der Waals surface area contributed by atoms with Crippen LogP contribution in [0.5, 0.6) is 0 Å². The van der Waals surface area contributed by atoms with E-state index >= 15 is 0 Å². The summed E-state index contributed by atoms with van der Waals surface area (Å²) in [5.41, 5.74) is 1.58. The average molecular weight is 480 g/mol. The second kappa shape index (κ2) is 9.25. The van der Waals surface area contributed by atoms with Crippen molar-refractivity contribution in [2.45, 2.75) is 26.3 Å². The van der Waals surface area contributed by atoms with Crippen LogP contribution in [0.25, 0.3) is 0 Å². The topological polar surface area (TPSA) is 80.1 Å². The van der Waals surface area contributed by atoms with Gasteiger partial charge in [0.05, 0.1) is 22.8 Å². The van der Waals surface area contributed by atoms with Gasteiger partial charge in [-0.1, -0.05) is 11.6 Å². The number of halogens is 3. The van der Waals surface area contributed by atoms with Gasteiger partial charge in [-0.25, -0.2) is 8.78 Å². The standard InChI is InChI=1S/C21H18ClF2N5O2.H2S/c1-11-7-13(5-6-25-11)27-20(30)16-9-26-29-12(2)10-28(21(31)18(16)29)14-3-4-15(19(23)24)17(22)8-14;/h3-9,12,19H,10H2,1-2H3,(H,25,27,30);1H2/t12-;/m0./s1. The lowest BCUT2D eigenvalue weighted by Crippen LogP contribution is -2.43. The zero-order valence-corrected chi connectivity index (χ0v) is 18.9. The molecular weight excluding hydrogens is 460 g/mol. The molecule has 0 fully saturated rings. The second-order valence-electron chi connectivity index (χ2n) is 7.26. The molecule has 0 aliphatic carbocycles. The van der Waals surface area contributed by atoms with Gasteiger partial charge in [-0.05, 0) is 44.2 Å². The van der Waals surface area contributed by atoms with E-state index in [2.05, 4.69) is 15.4 Å². The van der Waals surface area contributed by atoms with Crippen LogP contribution in [0.15, 0.2) is 42.7 Å². The van der Waals surface area contributed by atoms with Gasteiger partial charge in [0.15, 0.2) is 0 Å². The van der Waals surface area contributed by atoms with Gasteiger partial charge >= 0.3 is 0 Å². The lowest BCUT2D eigenvalue weighted by molar-refractivity contribution is 0.0939. The summed E-state index contributed by atoms with van der Waals surface area (Å²) in [7, 11) is 0. The molecule has 4 rings (SSSR count). The molecule has 1 N–H and O–H groups in total. The third-order valence-corrected chi connectivity index (χ3v) is 5.36. The van der Waals surface area contributed by atoms with Gasteiger partial charge in [-0.2, -0.15) is 18.6 Å². The molecule has 0 spiro atoms. The van der Waals surface area contributed by atoms with Gasteiger partial charge in [0.25, 0.3) is 18.2 Å². The summed E-state index contributed by atoms with van der Waals surface area (Å²) >= 11 is 5.99. The number of hydrogen-bond donors (Lipinski definition) is 1. The summed E-state index contributed by atoms with van der Waals surface area (Å²) in [6, 6.07) is 7.06. The molecule has 0 saturated carbocycles. The molecule has 0 saturated heterocycles. The quantitative estimate of drug-likeness (QED) is 0.585. The largest absolute Gasteiger partial charge is 0.322 e. The zero-order valence-electron chi connectivity index (χ0n) is 17.1. The van der Waals surface area contributed by atoms with E-state index in [1.165, 1.54) is 34.0 Å².